The molecule has 9 nitrogen and oxygen atoms in total. The van der Waals surface area contributed by atoms with E-state index in [1.165, 1.54) is 12.1 Å². The molecule has 0 unspecified atom stereocenters. The SMILES string of the molecule is O=C(OCc1cc(I)c(O)c(I)c1)Oc1ccccc1C(=O)OCC(F)(F)S(=O)(=O)O. The van der Waals surface area contributed by atoms with Gasteiger partial charge in [0, 0.05) is 0 Å². The lowest BCUT2D eigenvalue weighted by molar-refractivity contribution is -0.00971. The first kappa shape index (κ1) is 25.5. The molecular formula is C17H12F2I2O9S. The van der Waals surface area contributed by atoms with Crippen molar-refractivity contribution in [1.29, 1.82) is 0 Å². The molecule has 0 heterocycles. The molecule has 0 aliphatic heterocycles. The average molecular weight is 684 g/mol. The summed E-state index contributed by atoms with van der Waals surface area (Å²) in [5.41, 5.74) is 0.0861. The van der Waals surface area contributed by atoms with Gasteiger partial charge >= 0.3 is 27.5 Å². The molecule has 0 fully saturated rings. The molecule has 0 aliphatic carbocycles. The van der Waals surface area contributed by atoms with E-state index < -0.39 is 39.7 Å². The highest BCUT2D eigenvalue weighted by molar-refractivity contribution is 14.1. The average Bonchev–Trinajstić information content (AvgIpc) is 2.68. The molecule has 31 heavy (non-hydrogen) atoms. The van der Waals surface area contributed by atoms with Gasteiger partial charge in [-0.25, -0.2) is 9.59 Å². The number of ether oxygens (including phenoxy) is 3. The monoisotopic (exact) mass is 684 g/mol. The van der Waals surface area contributed by atoms with Crippen molar-refractivity contribution >= 4 is 67.4 Å². The number of benzene rings is 2. The Bertz CT molecular complexity index is 1080. The standard InChI is InChI=1S/C17H12F2I2O9S/c18-17(19,31(25,26)27)8-29-15(23)10-3-1-2-4-13(10)30-16(24)28-7-9-5-11(20)14(22)12(21)6-9/h1-6,22H,7-8H2,(H,25,26,27). The Kier molecular flexibility index (Phi) is 8.40. The lowest BCUT2D eigenvalue weighted by atomic mass is 10.2. The maximum absolute atomic E-state index is 13.2. The van der Waals surface area contributed by atoms with Gasteiger partial charge in [-0.1, -0.05) is 12.1 Å². The third kappa shape index (κ3) is 6.84. The fourth-order valence-corrected chi connectivity index (χ4v) is 4.09. The Balaban J connectivity index is 2.04. The molecule has 168 valence electrons. The van der Waals surface area contributed by atoms with Crippen molar-refractivity contribution in [1.82, 2.24) is 0 Å². The number of hydrogen-bond acceptors (Lipinski definition) is 8. The van der Waals surface area contributed by atoms with Gasteiger partial charge in [0.1, 0.15) is 23.7 Å². The fourth-order valence-electron chi connectivity index (χ4n) is 1.99. The molecule has 2 aromatic carbocycles. The van der Waals surface area contributed by atoms with Crippen LogP contribution in [0, 0.1) is 7.14 Å². The quantitative estimate of drug-likeness (QED) is 0.192. The smallest absolute Gasteiger partial charge is 0.506 e. The second-order valence-electron chi connectivity index (χ2n) is 5.73. The van der Waals surface area contributed by atoms with Gasteiger partial charge in [0.2, 0.25) is 0 Å². The van der Waals surface area contributed by atoms with E-state index in [1.807, 2.05) is 45.2 Å². The first-order valence-corrected chi connectivity index (χ1v) is 11.5. The number of esters is 1. The van der Waals surface area contributed by atoms with Crippen LogP contribution in [0.3, 0.4) is 0 Å². The molecular weight excluding hydrogens is 672 g/mol. The van der Waals surface area contributed by atoms with Gasteiger partial charge in [0.05, 0.1) is 7.14 Å². The molecule has 0 saturated heterocycles. The Morgan fingerprint density at radius 3 is 2.23 bits per heavy atom. The number of para-hydroxylation sites is 1. The Hall–Kier alpha value is -1.79. The molecule has 2 N–H and O–H groups in total. The molecule has 2 aromatic rings. The van der Waals surface area contributed by atoms with Crippen LogP contribution in [-0.2, 0) is 26.2 Å². The zero-order chi connectivity index (χ0) is 23.4. The molecule has 14 heteroatoms. The molecule has 0 saturated carbocycles. The van der Waals surface area contributed by atoms with E-state index in [0.717, 1.165) is 12.1 Å². The number of rotatable bonds is 7. The van der Waals surface area contributed by atoms with Gasteiger partial charge < -0.3 is 19.3 Å². The van der Waals surface area contributed by atoms with Crippen LogP contribution in [0.4, 0.5) is 13.6 Å². The molecule has 0 aromatic heterocycles. The lowest BCUT2D eigenvalue weighted by Crippen LogP contribution is -2.34. The van der Waals surface area contributed by atoms with Gasteiger partial charge in [0.15, 0.2) is 6.61 Å². The minimum Gasteiger partial charge on any atom is -0.506 e. The summed E-state index contributed by atoms with van der Waals surface area (Å²) in [4.78, 5) is 24.0. The normalized spacial score (nSPS) is 11.6. The van der Waals surface area contributed by atoms with E-state index in [4.69, 9.17) is 14.0 Å². The van der Waals surface area contributed by atoms with Crippen molar-refractivity contribution in [2.24, 2.45) is 0 Å². The maximum atomic E-state index is 13.2. The fraction of sp³-hybridized carbons (Fsp3) is 0.176. The van der Waals surface area contributed by atoms with Crippen LogP contribution in [0.1, 0.15) is 15.9 Å². The summed E-state index contributed by atoms with van der Waals surface area (Å²) >= 11 is 3.79. The topological polar surface area (TPSA) is 136 Å². The minimum absolute atomic E-state index is 0.0829. The lowest BCUT2D eigenvalue weighted by Gasteiger charge is -2.14. The number of carbonyl (C=O) groups is 2. The first-order valence-electron chi connectivity index (χ1n) is 7.94. The number of alkyl halides is 2. The van der Waals surface area contributed by atoms with Crippen molar-refractivity contribution in [2.45, 2.75) is 11.9 Å². The van der Waals surface area contributed by atoms with E-state index >= 15 is 0 Å². The second kappa shape index (κ2) is 10.2. The number of halogens is 4. The summed E-state index contributed by atoms with van der Waals surface area (Å²) in [5, 5.41) is 5.03. The highest BCUT2D eigenvalue weighted by Gasteiger charge is 2.45. The molecule has 0 bridgehead atoms. The second-order valence-corrected chi connectivity index (χ2v) is 9.61. The third-order valence-corrected chi connectivity index (χ3v) is 6.00. The van der Waals surface area contributed by atoms with Crippen LogP contribution in [0.5, 0.6) is 11.5 Å². The highest BCUT2D eigenvalue weighted by Crippen LogP contribution is 2.28. The molecule has 2 rings (SSSR count). The van der Waals surface area contributed by atoms with E-state index in [1.54, 1.807) is 12.1 Å². The number of aromatic hydroxyl groups is 1. The van der Waals surface area contributed by atoms with Gasteiger partial charge in [-0.2, -0.15) is 17.2 Å². The summed E-state index contributed by atoms with van der Waals surface area (Å²) in [5.74, 6) is -1.73. The van der Waals surface area contributed by atoms with E-state index in [0.29, 0.717) is 12.7 Å². The number of phenols is 1. The van der Waals surface area contributed by atoms with Gasteiger partial charge in [-0.05, 0) is 75.0 Å². The Morgan fingerprint density at radius 2 is 1.65 bits per heavy atom. The van der Waals surface area contributed by atoms with Crippen molar-refractivity contribution < 1.29 is 50.7 Å². The van der Waals surface area contributed by atoms with Gasteiger partial charge in [0.25, 0.3) is 0 Å². The zero-order valence-electron chi connectivity index (χ0n) is 15.1. The summed E-state index contributed by atoms with van der Waals surface area (Å²) in [6.45, 7) is -2.17. The number of hydrogen-bond donors (Lipinski definition) is 2. The highest BCUT2D eigenvalue weighted by atomic mass is 127. The number of carbonyl (C=O) groups excluding carboxylic acids is 2. The predicted molar refractivity (Wildman–Crippen MR) is 118 cm³/mol. The molecule has 0 radical (unpaired) electrons. The van der Waals surface area contributed by atoms with Crippen molar-refractivity contribution in [3.8, 4) is 11.5 Å². The molecule has 0 aliphatic rings. The largest absolute Gasteiger partial charge is 0.514 e. The first-order chi connectivity index (χ1) is 14.3. The van der Waals surface area contributed by atoms with Crippen LogP contribution in [0.2, 0.25) is 0 Å². The number of phenolic OH excluding ortho intramolecular Hbond substituents is 1. The van der Waals surface area contributed by atoms with Crippen molar-refractivity contribution in [3.63, 3.8) is 0 Å². The third-order valence-electron chi connectivity index (χ3n) is 3.48. The van der Waals surface area contributed by atoms with Gasteiger partial charge in [-0.15, -0.1) is 0 Å². The van der Waals surface area contributed by atoms with Crippen LogP contribution in [-0.4, -0.2) is 42.1 Å². The van der Waals surface area contributed by atoms with Crippen molar-refractivity contribution in [2.75, 3.05) is 6.61 Å². The maximum Gasteiger partial charge on any atom is 0.514 e. The van der Waals surface area contributed by atoms with Crippen LogP contribution < -0.4 is 4.74 Å². The van der Waals surface area contributed by atoms with Crippen LogP contribution in [0.15, 0.2) is 36.4 Å². The molecule has 0 amide bonds. The minimum atomic E-state index is -5.78. The summed E-state index contributed by atoms with van der Waals surface area (Å²) in [7, 11) is -5.78. The van der Waals surface area contributed by atoms with Crippen LogP contribution >= 0.6 is 45.2 Å². The predicted octanol–water partition coefficient (Wildman–Crippen LogP) is 3.95. The van der Waals surface area contributed by atoms with E-state index in [9.17, 15) is 31.9 Å². The summed E-state index contributed by atoms with van der Waals surface area (Å²) < 4.78 is 71.2. The van der Waals surface area contributed by atoms with E-state index in [2.05, 4.69) is 4.74 Å². The summed E-state index contributed by atoms with van der Waals surface area (Å²) in [6, 6.07) is 8.08. The zero-order valence-corrected chi connectivity index (χ0v) is 20.2. The molecule has 0 atom stereocenters. The Morgan fingerprint density at radius 1 is 1.06 bits per heavy atom. The van der Waals surface area contributed by atoms with Crippen LogP contribution in [0.25, 0.3) is 0 Å². The summed E-state index contributed by atoms with van der Waals surface area (Å²) in [6.07, 6.45) is -1.22. The van der Waals surface area contributed by atoms with Crippen molar-refractivity contribution in [3.05, 3.63) is 54.7 Å². The Labute approximate surface area is 201 Å². The van der Waals surface area contributed by atoms with Gasteiger partial charge in [-0.3, -0.25) is 4.55 Å². The van der Waals surface area contributed by atoms with E-state index in [-0.39, 0.29) is 18.1 Å². The molecule has 0 spiro atoms.